The average Bonchev–Trinajstić information content (AvgIpc) is 2.25. The molecule has 1 aromatic rings. The molecule has 92 valence electrons. The van der Waals surface area contributed by atoms with Gasteiger partial charge in [-0.3, -0.25) is 4.79 Å². The molecular formula is C13H17ClN2O. The van der Waals surface area contributed by atoms with Crippen LogP contribution in [0.3, 0.4) is 0 Å². The Morgan fingerprint density at radius 2 is 1.76 bits per heavy atom. The molecule has 0 bridgehead atoms. The largest absolute Gasteiger partial charge is 0.271 e. The molecule has 4 heteroatoms. The number of nitrogens with zero attached hydrogens (tertiary/aromatic N) is 1. The standard InChI is InChI=1S/C13H17ClN2O/c1-9(13(2,3)4)15-16-12(17)10-5-7-11(14)8-6-10/h5-8H,1-4H3,(H,16,17)/b15-9+. The Morgan fingerprint density at radius 3 is 2.24 bits per heavy atom. The third-order valence-electron chi connectivity index (χ3n) is 2.52. The van der Waals surface area contributed by atoms with Crippen LogP contribution in [0.25, 0.3) is 0 Å². The number of carbonyl (C=O) groups excluding carboxylic acids is 1. The van der Waals surface area contributed by atoms with Crippen LogP contribution < -0.4 is 5.43 Å². The van der Waals surface area contributed by atoms with Crippen molar-refractivity contribution in [2.45, 2.75) is 27.7 Å². The lowest BCUT2D eigenvalue weighted by molar-refractivity contribution is 0.0954. The Hall–Kier alpha value is -1.35. The lowest BCUT2D eigenvalue weighted by Gasteiger charge is -2.17. The van der Waals surface area contributed by atoms with Crippen molar-refractivity contribution in [1.29, 1.82) is 0 Å². The summed E-state index contributed by atoms with van der Waals surface area (Å²) in [4.78, 5) is 11.7. The highest BCUT2D eigenvalue weighted by Gasteiger charge is 2.14. The molecule has 0 aliphatic heterocycles. The number of nitrogens with one attached hydrogen (secondary N) is 1. The zero-order valence-electron chi connectivity index (χ0n) is 10.5. The van der Waals surface area contributed by atoms with E-state index in [0.717, 1.165) is 5.71 Å². The van der Waals surface area contributed by atoms with Gasteiger partial charge in [0.15, 0.2) is 0 Å². The van der Waals surface area contributed by atoms with Gasteiger partial charge in [-0.25, -0.2) is 5.43 Å². The van der Waals surface area contributed by atoms with E-state index in [2.05, 4.69) is 10.5 Å². The van der Waals surface area contributed by atoms with Crippen molar-refractivity contribution in [3.63, 3.8) is 0 Å². The number of rotatable bonds is 2. The Morgan fingerprint density at radius 1 is 1.24 bits per heavy atom. The fourth-order valence-corrected chi connectivity index (χ4v) is 1.09. The summed E-state index contributed by atoms with van der Waals surface area (Å²) in [5, 5.41) is 4.69. The average molecular weight is 253 g/mol. The van der Waals surface area contributed by atoms with Crippen molar-refractivity contribution in [3.05, 3.63) is 34.9 Å². The van der Waals surface area contributed by atoms with Crippen LogP contribution in [-0.4, -0.2) is 11.6 Å². The molecule has 1 amide bonds. The van der Waals surface area contributed by atoms with E-state index in [4.69, 9.17) is 11.6 Å². The van der Waals surface area contributed by atoms with Crippen LogP contribution in [0.4, 0.5) is 0 Å². The lowest BCUT2D eigenvalue weighted by atomic mass is 9.91. The summed E-state index contributed by atoms with van der Waals surface area (Å²) in [6.07, 6.45) is 0. The van der Waals surface area contributed by atoms with E-state index in [1.54, 1.807) is 24.3 Å². The van der Waals surface area contributed by atoms with Crippen molar-refractivity contribution in [1.82, 2.24) is 5.43 Å². The molecule has 0 saturated heterocycles. The van der Waals surface area contributed by atoms with E-state index in [1.165, 1.54) is 0 Å². The number of hydrogen-bond donors (Lipinski definition) is 1. The van der Waals surface area contributed by atoms with Crippen molar-refractivity contribution < 1.29 is 4.79 Å². The molecule has 17 heavy (non-hydrogen) atoms. The Labute approximate surface area is 107 Å². The number of carbonyl (C=O) groups is 1. The van der Waals surface area contributed by atoms with Gasteiger partial charge in [0.2, 0.25) is 0 Å². The topological polar surface area (TPSA) is 41.5 Å². The zero-order chi connectivity index (χ0) is 13.1. The summed E-state index contributed by atoms with van der Waals surface area (Å²) in [6, 6.07) is 6.69. The molecule has 1 rings (SSSR count). The maximum absolute atomic E-state index is 11.7. The first-order valence-corrected chi connectivity index (χ1v) is 5.79. The molecule has 0 heterocycles. The maximum atomic E-state index is 11.7. The molecule has 0 unspecified atom stereocenters. The molecule has 0 aliphatic carbocycles. The van der Waals surface area contributed by atoms with Crippen LogP contribution in [0.5, 0.6) is 0 Å². The van der Waals surface area contributed by atoms with Gasteiger partial charge in [-0.2, -0.15) is 5.10 Å². The third kappa shape index (κ3) is 4.19. The van der Waals surface area contributed by atoms with Gasteiger partial charge in [0.25, 0.3) is 5.91 Å². The normalized spacial score (nSPS) is 12.4. The monoisotopic (exact) mass is 252 g/mol. The third-order valence-corrected chi connectivity index (χ3v) is 2.77. The molecule has 0 saturated carbocycles. The van der Waals surface area contributed by atoms with E-state index >= 15 is 0 Å². The number of amides is 1. The molecule has 0 atom stereocenters. The Bertz CT molecular complexity index is 430. The van der Waals surface area contributed by atoms with Crippen LogP contribution in [0, 0.1) is 5.41 Å². The van der Waals surface area contributed by atoms with Crippen molar-refractivity contribution in [2.75, 3.05) is 0 Å². The lowest BCUT2D eigenvalue weighted by Crippen LogP contribution is -2.24. The highest BCUT2D eigenvalue weighted by molar-refractivity contribution is 6.30. The Balaban J connectivity index is 2.71. The van der Waals surface area contributed by atoms with Gasteiger partial charge in [0.1, 0.15) is 0 Å². The maximum Gasteiger partial charge on any atom is 0.271 e. The fraction of sp³-hybridized carbons (Fsp3) is 0.385. The summed E-state index contributed by atoms with van der Waals surface area (Å²) in [5.41, 5.74) is 3.90. The molecule has 1 N–H and O–H groups in total. The van der Waals surface area contributed by atoms with E-state index in [1.807, 2.05) is 27.7 Å². The molecular weight excluding hydrogens is 236 g/mol. The number of halogens is 1. The number of hydrazone groups is 1. The van der Waals surface area contributed by atoms with Gasteiger partial charge < -0.3 is 0 Å². The summed E-state index contributed by atoms with van der Waals surface area (Å²) in [7, 11) is 0. The van der Waals surface area contributed by atoms with Crippen LogP contribution in [0.1, 0.15) is 38.1 Å². The van der Waals surface area contributed by atoms with E-state index in [0.29, 0.717) is 10.6 Å². The first-order chi connectivity index (χ1) is 7.80. The minimum atomic E-state index is -0.231. The number of benzene rings is 1. The predicted molar refractivity (Wildman–Crippen MR) is 71.5 cm³/mol. The summed E-state index contributed by atoms with van der Waals surface area (Å²) < 4.78 is 0. The summed E-state index contributed by atoms with van der Waals surface area (Å²) in [6.45, 7) is 8.02. The molecule has 0 radical (unpaired) electrons. The van der Waals surface area contributed by atoms with Crippen LogP contribution in [0.15, 0.2) is 29.4 Å². The summed E-state index contributed by atoms with van der Waals surface area (Å²) >= 11 is 5.74. The minimum Gasteiger partial charge on any atom is -0.267 e. The van der Waals surface area contributed by atoms with Gasteiger partial charge in [0.05, 0.1) is 0 Å². The SMILES string of the molecule is C/C(=N\NC(=O)c1ccc(Cl)cc1)C(C)(C)C. The second-order valence-electron chi connectivity index (χ2n) is 4.90. The smallest absolute Gasteiger partial charge is 0.267 e. The number of hydrogen-bond acceptors (Lipinski definition) is 2. The zero-order valence-corrected chi connectivity index (χ0v) is 11.3. The molecule has 0 aromatic heterocycles. The molecule has 0 spiro atoms. The highest BCUT2D eigenvalue weighted by Crippen LogP contribution is 2.15. The van der Waals surface area contributed by atoms with Crippen molar-refractivity contribution in [3.8, 4) is 0 Å². The van der Waals surface area contributed by atoms with Gasteiger partial charge >= 0.3 is 0 Å². The van der Waals surface area contributed by atoms with Crippen molar-refractivity contribution in [2.24, 2.45) is 10.5 Å². The van der Waals surface area contributed by atoms with E-state index < -0.39 is 0 Å². The van der Waals surface area contributed by atoms with Gasteiger partial charge in [0, 0.05) is 21.7 Å². The van der Waals surface area contributed by atoms with Crippen LogP contribution >= 0.6 is 11.6 Å². The molecule has 3 nitrogen and oxygen atoms in total. The quantitative estimate of drug-likeness (QED) is 0.635. The first kappa shape index (κ1) is 13.7. The first-order valence-electron chi connectivity index (χ1n) is 5.41. The molecule has 0 aliphatic rings. The van der Waals surface area contributed by atoms with Crippen LogP contribution in [0.2, 0.25) is 5.02 Å². The second-order valence-corrected chi connectivity index (χ2v) is 5.33. The van der Waals surface area contributed by atoms with Gasteiger partial charge in [-0.05, 0) is 31.2 Å². The van der Waals surface area contributed by atoms with Crippen molar-refractivity contribution >= 4 is 23.2 Å². The summed E-state index contributed by atoms with van der Waals surface area (Å²) in [5.74, 6) is -0.231. The highest BCUT2D eigenvalue weighted by atomic mass is 35.5. The minimum absolute atomic E-state index is 0.0483. The predicted octanol–water partition coefficient (Wildman–Crippen LogP) is 3.49. The Kier molecular flexibility index (Phi) is 4.29. The second kappa shape index (κ2) is 5.32. The van der Waals surface area contributed by atoms with E-state index in [9.17, 15) is 4.79 Å². The fourth-order valence-electron chi connectivity index (χ4n) is 0.968. The molecule has 1 aromatic carbocycles. The molecule has 0 fully saturated rings. The van der Waals surface area contributed by atoms with Gasteiger partial charge in [-0.1, -0.05) is 32.4 Å². The van der Waals surface area contributed by atoms with Gasteiger partial charge in [-0.15, -0.1) is 0 Å². The van der Waals surface area contributed by atoms with Crippen LogP contribution in [-0.2, 0) is 0 Å². The van der Waals surface area contributed by atoms with E-state index in [-0.39, 0.29) is 11.3 Å².